The molecule has 1 N–H and O–H groups in total. The van der Waals surface area contributed by atoms with E-state index in [9.17, 15) is 0 Å². The van der Waals surface area contributed by atoms with Crippen molar-refractivity contribution in [3.05, 3.63) is 10.6 Å². The van der Waals surface area contributed by atoms with Crippen LogP contribution in [0.5, 0.6) is 0 Å². The maximum absolute atomic E-state index is 4.92. The molecule has 1 aliphatic rings. The zero-order valence-corrected chi connectivity index (χ0v) is 13.5. The molecule has 1 aromatic rings. The topological polar surface area (TPSA) is 28.2 Å². The molecule has 1 atom stereocenters. The molecule has 1 fully saturated rings. The van der Waals surface area contributed by atoms with Crippen molar-refractivity contribution in [1.82, 2.24) is 10.3 Å². The van der Waals surface area contributed by atoms with Gasteiger partial charge in [0.05, 0.1) is 5.69 Å². The van der Waals surface area contributed by atoms with E-state index in [2.05, 4.69) is 38.0 Å². The van der Waals surface area contributed by atoms with E-state index < -0.39 is 0 Å². The molecular weight excluding hydrogens is 254 g/mol. The van der Waals surface area contributed by atoms with Crippen LogP contribution in [-0.4, -0.2) is 25.1 Å². The third-order valence-electron chi connectivity index (χ3n) is 3.82. The smallest absolute Gasteiger partial charge is 0.185 e. The SMILES string of the molecule is CCNCc1sc(N(C)CC(C)CC)nc1C1CC1. The first kappa shape index (κ1) is 14.8. The van der Waals surface area contributed by atoms with Gasteiger partial charge in [0, 0.05) is 30.9 Å². The minimum absolute atomic E-state index is 0.732. The highest BCUT2D eigenvalue weighted by atomic mass is 32.1. The van der Waals surface area contributed by atoms with Crippen LogP contribution in [0.2, 0.25) is 0 Å². The normalized spacial score (nSPS) is 16.6. The van der Waals surface area contributed by atoms with Crippen molar-refractivity contribution >= 4 is 16.5 Å². The number of hydrogen-bond donors (Lipinski definition) is 1. The second kappa shape index (κ2) is 6.71. The van der Waals surface area contributed by atoms with E-state index in [4.69, 9.17) is 4.98 Å². The van der Waals surface area contributed by atoms with E-state index in [1.54, 1.807) is 0 Å². The summed E-state index contributed by atoms with van der Waals surface area (Å²) >= 11 is 1.88. The Morgan fingerprint density at radius 1 is 1.42 bits per heavy atom. The summed E-state index contributed by atoms with van der Waals surface area (Å²) in [4.78, 5) is 8.70. The van der Waals surface area contributed by atoms with Crippen LogP contribution >= 0.6 is 11.3 Å². The van der Waals surface area contributed by atoms with Crippen molar-refractivity contribution < 1.29 is 0 Å². The van der Waals surface area contributed by atoms with E-state index in [0.29, 0.717) is 0 Å². The van der Waals surface area contributed by atoms with Gasteiger partial charge in [0.1, 0.15) is 0 Å². The Kier molecular flexibility index (Phi) is 5.22. The molecule has 1 aromatic heterocycles. The van der Waals surface area contributed by atoms with Crippen LogP contribution in [0, 0.1) is 5.92 Å². The fourth-order valence-electron chi connectivity index (χ4n) is 2.23. The number of hydrogen-bond acceptors (Lipinski definition) is 4. The van der Waals surface area contributed by atoms with E-state index in [-0.39, 0.29) is 0 Å². The van der Waals surface area contributed by atoms with E-state index in [1.807, 2.05) is 11.3 Å². The Morgan fingerprint density at radius 3 is 2.74 bits per heavy atom. The molecule has 1 heterocycles. The second-order valence-corrected chi connectivity index (χ2v) is 6.82. The van der Waals surface area contributed by atoms with Crippen molar-refractivity contribution in [3.8, 4) is 0 Å². The van der Waals surface area contributed by atoms with Crippen LogP contribution in [-0.2, 0) is 6.54 Å². The average molecular weight is 281 g/mol. The summed E-state index contributed by atoms with van der Waals surface area (Å²) in [6, 6.07) is 0. The third-order valence-corrected chi connectivity index (χ3v) is 5.01. The summed E-state index contributed by atoms with van der Waals surface area (Å²) in [5, 5.41) is 4.65. The lowest BCUT2D eigenvalue weighted by molar-refractivity contribution is 0.559. The predicted molar refractivity (Wildman–Crippen MR) is 84.2 cm³/mol. The molecule has 108 valence electrons. The molecule has 0 aliphatic heterocycles. The highest BCUT2D eigenvalue weighted by Gasteiger charge is 2.30. The minimum Gasteiger partial charge on any atom is -0.351 e. The Morgan fingerprint density at radius 2 is 2.16 bits per heavy atom. The zero-order valence-electron chi connectivity index (χ0n) is 12.7. The summed E-state index contributed by atoms with van der Waals surface area (Å²) in [7, 11) is 2.18. The van der Waals surface area contributed by atoms with Crippen LogP contribution in [0.4, 0.5) is 5.13 Å². The first-order chi connectivity index (χ1) is 9.15. The largest absolute Gasteiger partial charge is 0.351 e. The molecular formula is C15H27N3S. The van der Waals surface area contributed by atoms with Gasteiger partial charge in [-0.3, -0.25) is 0 Å². The van der Waals surface area contributed by atoms with Gasteiger partial charge in [-0.05, 0) is 25.3 Å². The molecule has 0 amide bonds. The highest BCUT2D eigenvalue weighted by Crippen LogP contribution is 2.44. The molecule has 0 radical (unpaired) electrons. The lowest BCUT2D eigenvalue weighted by Gasteiger charge is -2.19. The number of anilines is 1. The summed E-state index contributed by atoms with van der Waals surface area (Å²) in [5.74, 6) is 1.48. The first-order valence-electron chi connectivity index (χ1n) is 7.57. The molecule has 1 saturated carbocycles. The maximum Gasteiger partial charge on any atom is 0.185 e. The average Bonchev–Trinajstić information content (AvgIpc) is 3.16. The summed E-state index contributed by atoms with van der Waals surface area (Å²) in [5.41, 5.74) is 1.37. The standard InChI is InChI=1S/C15H27N3S/c1-5-11(3)10-18(4)15-17-14(12-7-8-12)13(19-15)9-16-6-2/h11-12,16H,5-10H2,1-4H3. The number of nitrogens with one attached hydrogen (secondary N) is 1. The van der Waals surface area contributed by atoms with E-state index >= 15 is 0 Å². The van der Waals surface area contributed by atoms with Crippen molar-refractivity contribution in [3.63, 3.8) is 0 Å². The lowest BCUT2D eigenvalue weighted by atomic mass is 10.1. The predicted octanol–water partition coefficient (Wildman–Crippen LogP) is 3.61. The van der Waals surface area contributed by atoms with Gasteiger partial charge in [-0.1, -0.05) is 27.2 Å². The lowest BCUT2D eigenvalue weighted by Crippen LogP contribution is -2.23. The molecule has 0 spiro atoms. The molecule has 1 unspecified atom stereocenters. The fraction of sp³-hybridized carbons (Fsp3) is 0.800. The van der Waals surface area contributed by atoms with Crippen molar-refractivity contribution in [1.29, 1.82) is 0 Å². The van der Waals surface area contributed by atoms with Crippen LogP contribution < -0.4 is 10.2 Å². The van der Waals surface area contributed by atoms with Crippen LogP contribution in [0.1, 0.15) is 56.5 Å². The number of nitrogens with zero attached hydrogens (tertiary/aromatic N) is 2. The maximum atomic E-state index is 4.92. The number of thiazole rings is 1. The minimum atomic E-state index is 0.732. The molecule has 0 saturated heterocycles. The second-order valence-electron chi connectivity index (χ2n) is 5.75. The van der Waals surface area contributed by atoms with Crippen LogP contribution in [0.25, 0.3) is 0 Å². The molecule has 0 bridgehead atoms. The monoisotopic (exact) mass is 281 g/mol. The Labute approximate surface area is 121 Å². The first-order valence-corrected chi connectivity index (χ1v) is 8.38. The quantitative estimate of drug-likeness (QED) is 0.789. The Bertz CT molecular complexity index is 398. The van der Waals surface area contributed by atoms with Gasteiger partial charge in [-0.25, -0.2) is 4.98 Å². The van der Waals surface area contributed by atoms with Gasteiger partial charge in [0.2, 0.25) is 0 Å². The Hall–Kier alpha value is -0.610. The van der Waals surface area contributed by atoms with Crippen LogP contribution in [0.15, 0.2) is 0 Å². The van der Waals surface area contributed by atoms with Gasteiger partial charge in [0.25, 0.3) is 0 Å². The van der Waals surface area contributed by atoms with Gasteiger partial charge < -0.3 is 10.2 Å². The third kappa shape index (κ3) is 3.93. The van der Waals surface area contributed by atoms with Gasteiger partial charge >= 0.3 is 0 Å². The van der Waals surface area contributed by atoms with Gasteiger partial charge in [-0.2, -0.15) is 0 Å². The molecule has 19 heavy (non-hydrogen) atoms. The number of rotatable bonds is 8. The molecule has 4 heteroatoms. The van der Waals surface area contributed by atoms with Gasteiger partial charge in [0.15, 0.2) is 5.13 Å². The zero-order chi connectivity index (χ0) is 13.8. The molecule has 1 aliphatic carbocycles. The summed E-state index contributed by atoms with van der Waals surface area (Å²) in [6.07, 6.45) is 3.89. The van der Waals surface area contributed by atoms with Gasteiger partial charge in [-0.15, -0.1) is 11.3 Å². The van der Waals surface area contributed by atoms with Crippen molar-refractivity contribution in [2.45, 2.75) is 52.5 Å². The van der Waals surface area contributed by atoms with Crippen molar-refractivity contribution in [2.24, 2.45) is 5.92 Å². The van der Waals surface area contributed by atoms with Crippen LogP contribution in [0.3, 0.4) is 0 Å². The Balaban J connectivity index is 2.07. The number of aromatic nitrogens is 1. The van der Waals surface area contributed by atoms with E-state index in [1.165, 1.54) is 35.0 Å². The summed E-state index contributed by atoms with van der Waals surface area (Å²) < 4.78 is 0. The highest BCUT2D eigenvalue weighted by molar-refractivity contribution is 7.15. The van der Waals surface area contributed by atoms with Crippen molar-refractivity contribution in [2.75, 3.05) is 25.0 Å². The summed E-state index contributed by atoms with van der Waals surface area (Å²) in [6.45, 7) is 9.85. The fourth-order valence-corrected chi connectivity index (χ4v) is 3.32. The molecule has 0 aromatic carbocycles. The molecule has 3 nitrogen and oxygen atoms in total. The van der Waals surface area contributed by atoms with E-state index in [0.717, 1.165) is 31.5 Å². The molecule has 2 rings (SSSR count).